The van der Waals surface area contributed by atoms with Crippen molar-refractivity contribution in [1.82, 2.24) is 19.9 Å². The molecule has 2 aromatic heterocycles. The summed E-state index contributed by atoms with van der Waals surface area (Å²) in [6, 6.07) is 8.35. The average Bonchev–Trinajstić information content (AvgIpc) is 3.17. The summed E-state index contributed by atoms with van der Waals surface area (Å²) in [7, 11) is 0. The molecule has 6 rings (SSSR count). The lowest BCUT2D eigenvalue weighted by Crippen LogP contribution is -2.18. The van der Waals surface area contributed by atoms with Crippen LogP contribution in [0, 0.1) is 6.92 Å². The molecule has 3 aliphatic rings. The summed E-state index contributed by atoms with van der Waals surface area (Å²) in [5.74, 6) is 5.23. The molecule has 2 saturated carbocycles. The molecule has 1 aliphatic heterocycles. The minimum Gasteiger partial charge on any atom is -0.361 e. The molecule has 2 fully saturated rings. The molecule has 0 spiro atoms. The Kier molecular flexibility index (Phi) is 3.34. The number of aryl methyl sites for hydroxylation is 1. The molecule has 1 aromatic carbocycles. The SMILES string of the molecule is Cc1cc(C2CCC(c3nnc4n3-c3ccc(Cl)cc3[C@@H]3C[C@H]43)CC2)no1. The highest BCUT2D eigenvalue weighted by Crippen LogP contribution is 2.59. The largest absolute Gasteiger partial charge is 0.361 e. The van der Waals surface area contributed by atoms with Gasteiger partial charge >= 0.3 is 0 Å². The molecule has 0 N–H and O–H groups in total. The Labute approximate surface area is 162 Å². The molecule has 6 heteroatoms. The molecule has 0 unspecified atom stereocenters. The fourth-order valence-corrected chi connectivity index (χ4v) is 5.32. The zero-order valence-corrected chi connectivity index (χ0v) is 16.0. The zero-order chi connectivity index (χ0) is 18.1. The van der Waals surface area contributed by atoms with Gasteiger partial charge in [-0.3, -0.25) is 4.57 Å². The van der Waals surface area contributed by atoms with E-state index >= 15 is 0 Å². The van der Waals surface area contributed by atoms with Gasteiger partial charge in [0.15, 0.2) is 0 Å². The van der Waals surface area contributed by atoms with Crippen molar-refractivity contribution in [3.63, 3.8) is 0 Å². The smallest absolute Gasteiger partial charge is 0.141 e. The van der Waals surface area contributed by atoms with E-state index in [0.717, 1.165) is 53.8 Å². The van der Waals surface area contributed by atoms with Crippen molar-refractivity contribution in [2.24, 2.45) is 0 Å². The number of aromatic nitrogens is 4. The van der Waals surface area contributed by atoms with Gasteiger partial charge in [-0.1, -0.05) is 16.8 Å². The Bertz CT molecular complexity index is 1030. The summed E-state index contributed by atoms with van der Waals surface area (Å²) in [4.78, 5) is 0. The van der Waals surface area contributed by atoms with Gasteiger partial charge in [0.25, 0.3) is 0 Å². The lowest BCUT2D eigenvalue weighted by molar-refractivity contribution is 0.347. The van der Waals surface area contributed by atoms with E-state index in [-0.39, 0.29) is 0 Å². The quantitative estimate of drug-likeness (QED) is 0.609. The van der Waals surface area contributed by atoms with E-state index in [2.05, 4.69) is 38.1 Å². The number of nitrogens with zero attached hydrogens (tertiary/aromatic N) is 4. The summed E-state index contributed by atoms with van der Waals surface area (Å²) < 4.78 is 7.61. The van der Waals surface area contributed by atoms with Crippen LogP contribution in [0.1, 0.15) is 84.4 Å². The maximum atomic E-state index is 6.27. The molecule has 5 nitrogen and oxygen atoms in total. The van der Waals surface area contributed by atoms with Crippen LogP contribution in [-0.2, 0) is 0 Å². The maximum Gasteiger partial charge on any atom is 0.141 e. The van der Waals surface area contributed by atoms with Crippen LogP contribution in [0.4, 0.5) is 0 Å². The summed E-state index contributed by atoms with van der Waals surface area (Å²) in [5.41, 5.74) is 3.71. The van der Waals surface area contributed by atoms with Gasteiger partial charge < -0.3 is 4.52 Å². The van der Waals surface area contributed by atoms with Crippen molar-refractivity contribution in [3.8, 4) is 5.69 Å². The Morgan fingerprint density at radius 1 is 1.00 bits per heavy atom. The number of fused-ring (bicyclic) bond motifs is 6. The first-order chi connectivity index (χ1) is 13.2. The van der Waals surface area contributed by atoms with Crippen LogP contribution in [0.5, 0.6) is 0 Å². The monoisotopic (exact) mass is 380 g/mol. The predicted octanol–water partition coefficient (Wildman–Crippen LogP) is 5.24. The Balaban J connectivity index is 1.31. The molecule has 0 radical (unpaired) electrons. The van der Waals surface area contributed by atoms with E-state index in [1.807, 2.05) is 13.0 Å². The topological polar surface area (TPSA) is 56.7 Å². The van der Waals surface area contributed by atoms with E-state index in [9.17, 15) is 0 Å². The van der Waals surface area contributed by atoms with E-state index in [1.54, 1.807) is 0 Å². The number of rotatable bonds is 2. The number of benzene rings is 1. The van der Waals surface area contributed by atoms with Gasteiger partial charge in [-0.05, 0) is 68.7 Å². The van der Waals surface area contributed by atoms with E-state index in [4.69, 9.17) is 16.1 Å². The van der Waals surface area contributed by atoms with Crippen molar-refractivity contribution < 1.29 is 4.52 Å². The van der Waals surface area contributed by atoms with E-state index < -0.39 is 0 Å². The molecule has 3 aromatic rings. The van der Waals surface area contributed by atoms with Crippen molar-refractivity contribution >= 4 is 11.6 Å². The second kappa shape index (κ2) is 5.68. The Morgan fingerprint density at radius 3 is 2.56 bits per heavy atom. The molecule has 0 bridgehead atoms. The van der Waals surface area contributed by atoms with Crippen molar-refractivity contribution in [2.75, 3.05) is 0 Å². The van der Waals surface area contributed by atoms with Gasteiger partial charge in [-0.2, -0.15) is 0 Å². The molecule has 2 atom stereocenters. The van der Waals surface area contributed by atoms with Gasteiger partial charge in [0.1, 0.15) is 17.4 Å². The predicted molar refractivity (Wildman–Crippen MR) is 102 cm³/mol. The summed E-state index contributed by atoms with van der Waals surface area (Å²) in [6.45, 7) is 1.96. The van der Waals surface area contributed by atoms with Gasteiger partial charge in [0, 0.05) is 28.8 Å². The highest BCUT2D eigenvalue weighted by Gasteiger charge is 2.49. The minimum atomic E-state index is 0.453. The van der Waals surface area contributed by atoms with Gasteiger partial charge in [-0.15, -0.1) is 10.2 Å². The van der Waals surface area contributed by atoms with Gasteiger partial charge in [0.2, 0.25) is 0 Å². The third kappa shape index (κ3) is 2.40. The van der Waals surface area contributed by atoms with Crippen LogP contribution < -0.4 is 0 Å². The number of hydrogen-bond donors (Lipinski definition) is 0. The highest BCUT2D eigenvalue weighted by atomic mass is 35.5. The van der Waals surface area contributed by atoms with Crippen LogP contribution in [-0.4, -0.2) is 19.9 Å². The van der Waals surface area contributed by atoms with Crippen molar-refractivity contribution in [3.05, 3.63) is 58.0 Å². The third-order valence-electron chi connectivity index (χ3n) is 6.62. The summed E-state index contributed by atoms with van der Waals surface area (Å²) in [6.07, 6.45) is 5.65. The van der Waals surface area contributed by atoms with E-state index in [1.165, 1.54) is 17.7 Å². The van der Waals surface area contributed by atoms with Crippen LogP contribution in [0.15, 0.2) is 28.8 Å². The number of halogens is 1. The lowest BCUT2D eigenvalue weighted by Gasteiger charge is -2.28. The maximum absolute atomic E-state index is 6.27. The number of hydrogen-bond acceptors (Lipinski definition) is 4. The summed E-state index contributed by atoms with van der Waals surface area (Å²) in [5, 5.41) is 14.3. The van der Waals surface area contributed by atoms with Crippen LogP contribution in [0.25, 0.3) is 5.69 Å². The molecule has 0 amide bonds. The van der Waals surface area contributed by atoms with Crippen LogP contribution in [0.2, 0.25) is 5.02 Å². The molecule has 138 valence electrons. The average molecular weight is 381 g/mol. The molecular weight excluding hydrogens is 360 g/mol. The van der Waals surface area contributed by atoms with E-state index in [0.29, 0.717) is 23.7 Å². The summed E-state index contributed by atoms with van der Waals surface area (Å²) >= 11 is 6.27. The van der Waals surface area contributed by atoms with Gasteiger partial charge in [0.05, 0.1) is 11.4 Å². The molecule has 0 saturated heterocycles. The first-order valence-electron chi connectivity index (χ1n) is 9.87. The van der Waals surface area contributed by atoms with Crippen LogP contribution in [0.3, 0.4) is 0 Å². The molecule has 2 aliphatic carbocycles. The lowest BCUT2D eigenvalue weighted by atomic mass is 9.80. The molecular formula is C21H21ClN4O. The Morgan fingerprint density at radius 2 is 1.78 bits per heavy atom. The molecule has 3 heterocycles. The minimum absolute atomic E-state index is 0.453. The zero-order valence-electron chi connectivity index (χ0n) is 15.2. The first kappa shape index (κ1) is 15.9. The third-order valence-corrected chi connectivity index (χ3v) is 6.86. The van der Waals surface area contributed by atoms with Gasteiger partial charge in [-0.25, -0.2) is 0 Å². The fraction of sp³-hybridized carbons (Fsp3) is 0.476. The Hall–Kier alpha value is -2.14. The van der Waals surface area contributed by atoms with Crippen molar-refractivity contribution in [2.45, 2.75) is 62.7 Å². The fourth-order valence-electron chi connectivity index (χ4n) is 5.14. The second-order valence-corrected chi connectivity index (χ2v) is 8.75. The second-order valence-electron chi connectivity index (χ2n) is 8.31. The standard InChI is InChI=1S/C21H21ClN4O/c1-11-8-18(25-27-11)12-2-4-13(5-3-12)20-23-24-21-17-10-15(17)16-9-14(22)6-7-19(16)26(20)21/h6-9,12-13,15,17H,2-5,10H2,1H3/t12?,13?,15-,17-/m0/s1. The molecule has 27 heavy (non-hydrogen) atoms. The normalized spacial score (nSPS) is 28.4. The van der Waals surface area contributed by atoms with Crippen molar-refractivity contribution in [1.29, 1.82) is 0 Å². The first-order valence-corrected chi connectivity index (χ1v) is 10.2. The van der Waals surface area contributed by atoms with Crippen LogP contribution >= 0.6 is 11.6 Å². The highest BCUT2D eigenvalue weighted by molar-refractivity contribution is 6.30.